The van der Waals surface area contributed by atoms with Gasteiger partial charge in [0.1, 0.15) is 0 Å². The number of anilines is 1. The first-order valence-electron chi connectivity index (χ1n) is 9.85. The molecule has 0 unspecified atom stereocenters. The van der Waals surface area contributed by atoms with Crippen LogP contribution in [0.25, 0.3) is 10.2 Å². The smallest absolute Gasteiger partial charge is 0.255 e. The molecule has 2 heterocycles. The monoisotopic (exact) mass is 465 g/mol. The summed E-state index contributed by atoms with van der Waals surface area (Å²) in [6.45, 7) is 4.66. The second kappa shape index (κ2) is 8.16. The minimum Gasteiger partial charge on any atom is -0.344 e. The average molecular weight is 466 g/mol. The number of hydrogen-bond acceptors (Lipinski definition) is 6. The molecule has 1 saturated heterocycles. The zero-order chi connectivity index (χ0) is 22.3. The van der Waals surface area contributed by atoms with E-state index in [1.54, 1.807) is 24.0 Å². The molecule has 0 aliphatic carbocycles. The number of aromatic nitrogens is 1. The molecule has 0 spiro atoms. The third kappa shape index (κ3) is 3.89. The highest BCUT2D eigenvalue weighted by atomic mass is 32.2. The summed E-state index contributed by atoms with van der Waals surface area (Å²) in [5.74, 6) is -2.24. The van der Waals surface area contributed by atoms with Crippen molar-refractivity contribution < 1.29 is 22.0 Å². The van der Waals surface area contributed by atoms with Gasteiger partial charge in [0.05, 0.1) is 26.4 Å². The number of halogens is 2. The molecule has 0 bridgehead atoms. The highest BCUT2D eigenvalue weighted by Gasteiger charge is 2.32. The molecule has 1 amide bonds. The van der Waals surface area contributed by atoms with Crippen LogP contribution < -0.4 is 4.90 Å². The molecule has 4 rings (SSSR count). The van der Waals surface area contributed by atoms with Gasteiger partial charge in [-0.15, -0.1) is 0 Å². The largest absolute Gasteiger partial charge is 0.344 e. The standard InChI is InChI=1S/C21H21F2N3O3S2/c1-3-31(28,29)17-7-5-4-6-14(17)20(27)26-11-10-25(12-13(26)2)21-24-16-9-8-15(22)18(23)19(16)30-21/h4-9,13H,3,10-12H2,1-2H3/t13-/m0/s1. The molecule has 1 aromatic heterocycles. The molecule has 2 aromatic carbocycles. The maximum Gasteiger partial charge on any atom is 0.255 e. The number of amides is 1. The maximum absolute atomic E-state index is 14.0. The van der Waals surface area contributed by atoms with Crippen LogP contribution >= 0.6 is 11.3 Å². The van der Waals surface area contributed by atoms with Crippen LogP contribution in [0.2, 0.25) is 0 Å². The Kier molecular flexibility index (Phi) is 5.69. The molecule has 1 atom stereocenters. The number of rotatable bonds is 4. The summed E-state index contributed by atoms with van der Waals surface area (Å²) in [5, 5.41) is 0.562. The van der Waals surface area contributed by atoms with Gasteiger partial charge >= 0.3 is 0 Å². The van der Waals surface area contributed by atoms with Crippen LogP contribution in [0.4, 0.5) is 13.9 Å². The van der Waals surface area contributed by atoms with E-state index in [1.165, 1.54) is 18.2 Å². The Morgan fingerprint density at radius 1 is 1.19 bits per heavy atom. The number of thiazole rings is 1. The molecule has 0 radical (unpaired) electrons. The van der Waals surface area contributed by atoms with E-state index in [4.69, 9.17) is 0 Å². The van der Waals surface area contributed by atoms with Gasteiger partial charge in [0, 0.05) is 25.7 Å². The number of carbonyl (C=O) groups excluding carboxylic acids is 1. The third-order valence-corrected chi connectivity index (χ3v) is 8.34. The Balaban J connectivity index is 1.57. The first kappa shape index (κ1) is 21.6. The fourth-order valence-electron chi connectivity index (χ4n) is 3.72. The van der Waals surface area contributed by atoms with Gasteiger partial charge in [-0.1, -0.05) is 30.4 Å². The summed E-state index contributed by atoms with van der Waals surface area (Å²) in [7, 11) is -3.54. The number of benzene rings is 2. The minimum absolute atomic E-state index is 0.0424. The number of nitrogens with zero attached hydrogens (tertiary/aromatic N) is 3. The van der Waals surface area contributed by atoms with Crippen LogP contribution in [0.3, 0.4) is 0 Å². The summed E-state index contributed by atoms with van der Waals surface area (Å²) in [6, 6.07) is 8.53. The van der Waals surface area contributed by atoms with Crippen LogP contribution in [-0.4, -0.2) is 55.6 Å². The van der Waals surface area contributed by atoms with E-state index in [0.29, 0.717) is 30.3 Å². The molecule has 1 aliphatic rings. The van der Waals surface area contributed by atoms with Crippen molar-refractivity contribution in [2.45, 2.75) is 24.8 Å². The van der Waals surface area contributed by atoms with Gasteiger partial charge in [-0.3, -0.25) is 4.79 Å². The Morgan fingerprint density at radius 2 is 1.94 bits per heavy atom. The summed E-state index contributed by atoms with van der Waals surface area (Å²) in [6.07, 6.45) is 0. The van der Waals surface area contributed by atoms with Crippen molar-refractivity contribution in [1.29, 1.82) is 0 Å². The molecule has 164 valence electrons. The fraction of sp³-hybridized carbons (Fsp3) is 0.333. The van der Waals surface area contributed by atoms with E-state index in [2.05, 4.69) is 4.98 Å². The third-order valence-electron chi connectivity index (χ3n) is 5.43. The zero-order valence-electron chi connectivity index (χ0n) is 17.0. The van der Waals surface area contributed by atoms with E-state index < -0.39 is 21.5 Å². The van der Waals surface area contributed by atoms with E-state index in [9.17, 15) is 22.0 Å². The van der Waals surface area contributed by atoms with Gasteiger partial charge in [-0.05, 0) is 31.2 Å². The lowest BCUT2D eigenvalue weighted by Gasteiger charge is -2.40. The summed E-state index contributed by atoms with van der Waals surface area (Å²) in [4.78, 5) is 21.2. The van der Waals surface area contributed by atoms with Crippen molar-refractivity contribution in [2.75, 3.05) is 30.3 Å². The predicted octanol–water partition coefficient (Wildman–Crippen LogP) is 3.72. The fourth-order valence-corrected chi connectivity index (χ4v) is 5.83. The van der Waals surface area contributed by atoms with Crippen LogP contribution in [-0.2, 0) is 9.84 Å². The zero-order valence-corrected chi connectivity index (χ0v) is 18.6. The van der Waals surface area contributed by atoms with Gasteiger partial charge in [0.2, 0.25) is 0 Å². The first-order valence-corrected chi connectivity index (χ1v) is 12.3. The number of carbonyl (C=O) groups is 1. The molecule has 31 heavy (non-hydrogen) atoms. The van der Waals surface area contributed by atoms with E-state index in [0.717, 1.165) is 17.4 Å². The Morgan fingerprint density at radius 3 is 2.65 bits per heavy atom. The van der Waals surface area contributed by atoms with Crippen molar-refractivity contribution in [3.05, 3.63) is 53.6 Å². The van der Waals surface area contributed by atoms with Gasteiger partial charge in [-0.2, -0.15) is 0 Å². The minimum atomic E-state index is -3.54. The van der Waals surface area contributed by atoms with E-state index >= 15 is 0 Å². The van der Waals surface area contributed by atoms with Gasteiger partial charge < -0.3 is 9.80 Å². The molecule has 10 heteroatoms. The van der Waals surface area contributed by atoms with Crippen LogP contribution in [0.15, 0.2) is 41.3 Å². The second-order valence-corrected chi connectivity index (χ2v) is 10.6. The number of hydrogen-bond donors (Lipinski definition) is 0. The SMILES string of the molecule is CCS(=O)(=O)c1ccccc1C(=O)N1CCN(c2nc3ccc(F)c(F)c3s2)C[C@@H]1C. The van der Waals surface area contributed by atoms with Crippen molar-refractivity contribution in [1.82, 2.24) is 9.88 Å². The van der Waals surface area contributed by atoms with Crippen molar-refractivity contribution >= 4 is 42.4 Å². The predicted molar refractivity (Wildman–Crippen MR) is 116 cm³/mol. The van der Waals surface area contributed by atoms with Gasteiger partial charge in [-0.25, -0.2) is 22.2 Å². The first-order chi connectivity index (χ1) is 14.7. The highest BCUT2D eigenvalue weighted by molar-refractivity contribution is 7.91. The molecular formula is C21H21F2N3O3S2. The summed E-state index contributed by atoms with van der Waals surface area (Å²) >= 11 is 1.08. The van der Waals surface area contributed by atoms with E-state index in [-0.39, 0.29) is 32.9 Å². The molecule has 0 saturated carbocycles. The number of piperazine rings is 1. The Labute approximate surface area is 183 Å². The summed E-state index contributed by atoms with van der Waals surface area (Å²) < 4.78 is 52.6. The molecule has 6 nitrogen and oxygen atoms in total. The van der Waals surface area contributed by atoms with Gasteiger partial charge in [0.15, 0.2) is 26.6 Å². The average Bonchev–Trinajstić information content (AvgIpc) is 3.21. The van der Waals surface area contributed by atoms with Gasteiger partial charge in [0.25, 0.3) is 5.91 Å². The lowest BCUT2D eigenvalue weighted by Crippen LogP contribution is -2.54. The van der Waals surface area contributed by atoms with Crippen molar-refractivity contribution in [2.24, 2.45) is 0 Å². The second-order valence-electron chi connectivity index (χ2n) is 7.40. The normalized spacial score (nSPS) is 17.4. The maximum atomic E-state index is 14.0. The Bertz CT molecular complexity index is 1260. The molecule has 1 aliphatic heterocycles. The van der Waals surface area contributed by atoms with Crippen molar-refractivity contribution in [3.63, 3.8) is 0 Å². The lowest BCUT2D eigenvalue weighted by atomic mass is 10.1. The highest BCUT2D eigenvalue weighted by Crippen LogP contribution is 2.33. The van der Waals surface area contributed by atoms with Crippen molar-refractivity contribution in [3.8, 4) is 0 Å². The van der Waals surface area contributed by atoms with Crippen LogP contribution in [0, 0.1) is 11.6 Å². The molecule has 1 fully saturated rings. The van der Waals surface area contributed by atoms with Crippen LogP contribution in [0.5, 0.6) is 0 Å². The molecule has 3 aromatic rings. The quantitative estimate of drug-likeness (QED) is 0.587. The Hall–Kier alpha value is -2.59. The molecular weight excluding hydrogens is 444 g/mol. The van der Waals surface area contributed by atoms with Crippen LogP contribution in [0.1, 0.15) is 24.2 Å². The van der Waals surface area contributed by atoms with E-state index in [1.807, 2.05) is 11.8 Å². The number of sulfone groups is 1. The summed E-state index contributed by atoms with van der Waals surface area (Å²) in [5.41, 5.74) is 0.561. The lowest BCUT2D eigenvalue weighted by molar-refractivity contribution is 0.0670. The number of fused-ring (bicyclic) bond motifs is 1. The topological polar surface area (TPSA) is 70.6 Å². The molecule has 0 N–H and O–H groups in total.